The van der Waals surface area contributed by atoms with Crippen molar-refractivity contribution in [2.45, 2.75) is 52.7 Å². The van der Waals surface area contributed by atoms with Gasteiger partial charge in [-0.2, -0.15) is 0 Å². The predicted octanol–water partition coefficient (Wildman–Crippen LogP) is 6.67. The fourth-order valence-corrected chi connectivity index (χ4v) is 4.56. The van der Waals surface area contributed by atoms with Crippen LogP contribution in [0.15, 0.2) is 89.9 Å². The van der Waals surface area contributed by atoms with Crippen molar-refractivity contribution in [3.05, 3.63) is 112 Å². The Morgan fingerprint density at radius 3 is 2.46 bits per heavy atom. The average Bonchev–Trinajstić information content (AvgIpc) is 2.90. The van der Waals surface area contributed by atoms with Gasteiger partial charge in [-0.1, -0.05) is 67.1 Å². The summed E-state index contributed by atoms with van der Waals surface area (Å²) < 4.78 is 7.39. The number of benzene rings is 3. The van der Waals surface area contributed by atoms with Gasteiger partial charge in [0.25, 0.3) is 5.56 Å². The van der Waals surface area contributed by atoms with Crippen molar-refractivity contribution in [2.24, 2.45) is 0 Å². The lowest BCUT2D eigenvalue weighted by Crippen LogP contribution is -2.25. The molecular weight excluding hydrogens is 462 g/mol. The van der Waals surface area contributed by atoms with Gasteiger partial charge in [0.05, 0.1) is 0 Å². The lowest BCUT2D eigenvalue weighted by Gasteiger charge is -2.15. The molecular formula is C32H33NO4. The van der Waals surface area contributed by atoms with Crippen LogP contribution in [0, 0.1) is 13.8 Å². The lowest BCUT2D eigenvalue weighted by atomic mass is 9.92. The van der Waals surface area contributed by atoms with Gasteiger partial charge < -0.3 is 14.4 Å². The number of pyridine rings is 1. The second-order valence-electron chi connectivity index (χ2n) is 9.42. The van der Waals surface area contributed by atoms with Crippen LogP contribution in [0.2, 0.25) is 0 Å². The predicted molar refractivity (Wildman–Crippen MR) is 148 cm³/mol. The molecule has 0 aliphatic carbocycles. The summed E-state index contributed by atoms with van der Waals surface area (Å²) in [6.45, 7) is 6.59. The maximum absolute atomic E-state index is 12.7. The first-order chi connectivity index (χ1) is 17.9. The fraction of sp³-hybridized carbons (Fsp3) is 0.250. The number of ether oxygens (including phenoxy) is 1. The summed E-state index contributed by atoms with van der Waals surface area (Å²) in [4.78, 5) is 23.9. The molecule has 0 spiro atoms. The summed E-state index contributed by atoms with van der Waals surface area (Å²) in [5.41, 5.74) is 7.89. The van der Waals surface area contributed by atoms with Crippen LogP contribution >= 0.6 is 0 Å². The zero-order chi connectivity index (χ0) is 26.4. The zero-order valence-corrected chi connectivity index (χ0v) is 21.6. The molecule has 0 saturated heterocycles. The van der Waals surface area contributed by atoms with Crippen molar-refractivity contribution >= 4 is 5.97 Å². The first-order valence-corrected chi connectivity index (χ1v) is 12.7. The highest BCUT2D eigenvalue weighted by molar-refractivity contribution is 5.84. The van der Waals surface area contributed by atoms with E-state index < -0.39 is 12.1 Å². The summed E-state index contributed by atoms with van der Waals surface area (Å²) in [6, 6.07) is 25.9. The van der Waals surface area contributed by atoms with Gasteiger partial charge in [0.1, 0.15) is 5.75 Å². The third-order valence-corrected chi connectivity index (χ3v) is 6.59. The van der Waals surface area contributed by atoms with Crippen LogP contribution in [-0.4, -0.2) is 21.7 Å². The molecule has 190 valence electrons. The molecule has 1 atom stereocenters. The third-order valence-electron chi connectivity index (χ3n) is 6.59. The second-order valence-corrected chi connectivity index (χ2v) is 9.42. The highest BCUT2D eigenvalue weighted by Crippen LogP contribution is 2.34. The number of aliphatic carboxylic acids is 1. The van der Waals surface area contributed by atoms with Crippen LogP contribution in [0.25, 0.3) is 22.3 Å². The van der Waals surface area contributed by atoms with Crippen molar-refractivity contribution in [3.63, 3.8) is 0 Å². The zero-order valence-electron chi connectivity index (χ0n) is 21.6. The molecule has 0 radical (unpaired) electrons. The van der Waals surface area contributed by atoms with E-state index in [4.69, 9.17) is 4.74 Å². The van der Waals surface area contributed by atoms with Gasteiger partial charge in [-0.15, -0.1) is 0 Å². The summed E-state index contributed by atoms with van der Waals surface area (Å²) in [5.74, 6) is -0.416. The Hall–Kier alpha value is -4.12. The molecule has 0 aliphatic rings. The van der Waals surface area contributed by atoms with Gasteiger partial charge in [-0.3, -0.25) is 4.79 Å². The van der Waals surface area contributed by atoms with Gasteiger partial charge in [-0.05, 0) is 84.7 Å². The van der Waals surface area contributed by atoms with Crippen molar-refractivity contribution in [3.8, 4) is 28.0 Å². The lowest BCUT2D eigenvalue weighted by molar-refractivity contribution is -0.145. The Morgan fingerprint density at radius 1 is 0.919 bits per heavy atom. The number of carbonyl (C=O) groups is 1. The summed E-state index contributed by atoms with van der Waals surface area (Å²) >= 11 is 0. The molecule has 5 nitrogen and oxygen atoms in total. The molecule has 4 rings (SSSR count). The van der Waals surface area contributed by atoms with Gasteiger partial charge in [0.2, 0.25) is 0 Å². The first kappa shape index (κ1) is 26.0. The van der Waals surface area contributed by atoms with E-state index in [2.05, 4.69) is 44.2 Å². The second kappa shape index (κ2) is 11.7. The minimum Gasteiger partial charge on any atom is -0.479 e. The van der Waals surface area contributed by atoms with Gasteiger partial charge in [0.15, 0.2) is 6.10 Å². The number of carboxylic acids is 1. The highest BCUT2D eigenvalue weighted by atomic mass is 16.5. The molecule has 0 aliphatic heterocycles. The van der Waals surface area contributed by atoms with E-state index in [1.54, 1.807) is 23.6 Å². The van der Waals surface area contributed by atoms with Gasteiger partial charge >= 0.3 is 5.97 Å². The van der Waals surface area contributed by atoms with Crippen LogP contribution in [0.3, 0.4) is 0 Å². The maximum atomic E-state index is 12.7. The maximum Gasteiger partial charge on any atom is 0.344 e. The number of aromatic nitrogens is 1. The number of carboxylic acid groups (broad SMARTS) is 1. The van der Waals surface area contributed by atoms with Crippen LogP contribution in [-0.2, 0) is 17.8 Å². The topological polar surface area (TPSA) is 68.5 Å². The highest BCUT2D eigenvalue weighted by Gasteiger charge is 2.16. The summed E-state index contributed by atoms with van der Waals surface area (Å²) in [6.07, 6.45) is 3.00. The molecule has 0 amide bonds. The Kier molecular flexibility index (Phi) is 8.24. The largest absolute Gasteiger partial charge is 0.479 e. The number of nitrogens with zero attached hydrogens (tertiary/aromatic N) is 1. The monoisotopic (exact) mass is 495 g/mol. The molecule has 37 heavy (non-hydrogen) atoms. The molecule has 1 unspecified atom stereocenters. The standard InChI is InChI=1S/C32H33NO4/c1-4-30(32(35)36)37-26-11-7-9-24(20-26)10-8-18-33-21-25(16-17-31(33)34)27-12-5-6-13-28(27)29-19-22(2)14-15-23(29)3/h5-7,9,11-17,19-21,30H,4,8,10,18H2,1-3H3,(H,35,36). The van der Waals surface area contributed by atoms with E-state index in [-0.39, 0.29) is 5.56 Å². The van der Waals surface area contributed by atoms with Gasteiger partial charge in [-0.25, -0.2) is 4.79 Å². The fourth-order valence-electron chi connectivity index (χ4n) is 4.56. The van der Waals surface area contributed by atoms with Crippen LogP contribution in [0.4, 0.5) is 0 Å². The van der Waals surface area contributed by atoms with E-state index in [0.29, 0.717) is 18.7 Å². The van der Waals surface area contributed by atoms with E-state index in [0.717, 1.165) is 35.1 Å². The Balaban J connectivity index is 1.52. The van der Waals surface area contributed by atoms with Crippen molar-refractivity contribution in [1.29, 1.82) is 0 Å². The van der Waals surface area contributed by atoms with Crippen molar-refractivity contribution < 1.29 is 14.6 Å². The first-order valence-electron chi connectivity index (χ1n) is 12.7. The Bertz CT molecular complexity index is 1450. The molecule has 1 aromatic heterocycles. The van der Waals surface area contributed by atoms with Crippen LogP contribution in [0.5, 0.6) is 5.75 Å². The third kappa shape index (κ3) is 6.36. The van der Waals surface area contributed by atoms with Gasteiger partial charge in [0, 0.05) is 18.8 Å². The molecule has 1 heterocycles. The van der Waals surface area contributed by atoms with E-state index in [9.17, 15) is 14.7 Å². The molecule has 4 aromatic rings. The van der Waals surface area contributed by atoms with Crippen molar-refractivity contribution in [1.82, 2.24) is 4.57 Å². The molecule has 1 N–H and O–H groups in total. The van der Waals surface area contributed by atoms with E-state index in [1.165, 1.54) is 16.7 Å². The molecule has 0 fully saturated rings. The van der Waals surface area contributed by atoms with Crippen LogP contribution < -0.4 is 10.3 Å². The summed E-state index contributed by atoms with van der Waals surface area (Å²) in [5, 5.41) is 9.25. The average molecular weight is 496 g/mol. The molecule has 0 bridgehead atoms. The van der Waals surface area contributed by atoms with E-state index in [1.807, 2.05) is 42.6 Å². The van der Waals surface area contributed by atoms with Crippen molar-refractivity contribution in [2.75, 3.05) is 0 Å². The number of hydrogen-bond acceptors (Lipinski definition) is 3. The smallest absolute Gasteiger partial charge is 0.344 e. The Labute approximate surface area is 218 Å². The van der Waals surface area contributed by atoms with E-state index >= 15 is 0 Å². The number of rotatable bonds is 10. The summed E-state index contributed by atoms with van der Waals surface area (Å²) in [7, 11) is 0. The Morgan fingerprint density at radius 2 is 1.70 bits per heavy atom. The molecule has 5 heteroatoms. The quantitative estimate of drug-likeness (QED) is 0.267. The minimum atomic E-state index is -0.966. The minimum absolute atomic E-state index is 0.0303. The number of hydrogen-bond donors (Lipinski definition) is 1. The number of aryl methyl sites for hydroxylation is 4. The molecule has 0 saturated carbocycles. The normalized spacial score (nSPS) is 11.8. The SMILES string of the molecule is CCC(Oc1cccc(CCCn2cc(-c3ccccc3-c3cc(C)ccc3C)ccc2=O)c1)C(=O)O. The van der Waals surface area contributed by atoms with Crippen LogP contribution in [0.1, 0.15) is 36.5 Å². The molecule has 3 aromatic carbocycles.